The van der Waals surface area contributed by atoms with Crippen LogP contribution in [0, 0.1) is 0 Å². The van der Waals surface area contributed by atoms with Gasteiger partial charge in [-0.1, -0.05) is 30.0 Å². The van der Waals surface area contributed by atoms with E-state index in [1.54, 1.807) is 0 Å². The number of imide groups is 1. The zero-order valence-corrected chi connectivity index (χ0v) is 12.2. The van der Waals surface area contributed by atoms with E-state index in [1.807, 2.05) is 30.3 Å². The second-order valence-corrected chi connectivity index (χ2v) is 5.29. The number of nitrogens with one attached hydrogen (secondary N) is 1. The van der Waals surface area contributed by atoms with Crippen LogP contribution in [0.1, 0.15) is 6.42 Å². The molecule has 1 aliphatic rings. The van der Waals surface area contributed by atoms with Crippen molar-refractivity contribution in [2.75, 3.05) is 25.4 Å². The summed E-state index contributed by atoms with van der Waals surface area (Å²) in [5.74, 6) is 0.539. The predicted molar refractivity (Wildman–Crippen MR) is 79.1 cm³/mol. The Labute approximate surface area is 126 Å². The Morgan fingerprint density at radius 1 is 1.29 bits per heavy atom. The summed E-state index contributed by atoms with van der Waals surface area (Å²) < 4.78 is 5.41. The van der Waals surface area contributed by atoms with Crippen molar-refractivity contribution in [3.63, 3.8) is 0 Å². The van der Waals surface area contributed by atoms with Crippen LogP contribution in [0.2, 0.25) is 0 Å². The van der Waals surface area contributed by atoms with Crippen LogP contribution in [-0.4, -0.2) is 47.4 Å². The SMILES string of the molecule is O=C(CCOc1ccccc1)NCCN1C(=O)CSC1=O. The molecule has 0 saturated carbocycles. The van der Waals surface area contributed by atoms with Crippen LogP contribution in [0.25, 0.3) is 0 Å². The molecular weight excluding hydrogens is 292 g/mol. The summed E-state index contributed by atoms with van der Waals surface area (Å²) in [6.07, 6.45) is 0.228. The molecule has 0 spiro atoms. The first-order chi connectivity index (χ1) is 10.2. The normalized spacial score (nSPS) is 14.4. The Hall–Kier alpha value is -2.02. The van der Waals surface area contributed by atoms with Gasteiger partial charge in [0.15, 0.2) is 0 Å². The van der Waals surface area contributed by atoms with Crippen LogP contribution >= 0.6 is 11.8 Å². The number of amides is 3. The van der Waals surface area contributed by atoms with Gasteiger partial charge < -0.3 is 10.1 Å². The zero-order chi connectivity index (χ0) is 15.1. The van der Waals surface area contributed by atoms with Crippen molar-refractivity contribution in [2.24, 2.45) is 0 Å². The van der Waals surface area contributed by atoms with Gasteiger partial charge >= 0.3 is 0 Å². The molecule has 1 aliphatic heterocycles. The van der Waals surface area contributed by atoms with E-state index < -0.39 is 0 Å². The number of hydrogen-bond acceptors (Lipinski definition) is 5. The minimum Gasteiger partial charge on any atom is -0.493 e. The van der Waals surface area contributed by atoms with Crippen LogP contribution in [0.5, 0.6) is 5.75 Å². The number of hydrogen-bond donors (Lipinski definition) is 1. The van der Waals surface area contributed by atoms with E-state index in [1.165, 1.54) is 0 Å². The molecule has 0 bridgehead atoms. The van der Waals surface area contributed by atoms with E-state index in [0.29, 0.717) is 0 Å². The van der Waals surface area contributed by atoms with E-state index in [9.17, 15) is 14.4 Å². The monoisotopic (exact) mass is 308 g/mol. The summed E-state index contributed by atoms with van der Waals surface area (Å²) in [4.78, 5) is 35.4. The summed E-state index contributed by atoms with van der Waals surface area (Å²) in [7, 11) is 0. The lowest BCUT2D eigenvalue weighted by Gasteiger charge is -2.13. The summed E-state index contributed by atoms with van der Waals surface area (Å²) in [5.41, 5.74) is 0. The van der Waals surface area contributed by atoms with Gasteiger partial charge in [-0.25, -0.2) is 0 Å². The fourth-order valence-corrected chi connectivity index (χ4v) is 2.52. The first-order valence-electron chi connectivity index (χ1n) is 6.58. The highest BCUT2D eigenvalue weighted by Gasteiger charge is 2.29. The van der Waals surface area contributed by atoms with E-state index in [-0.39, 0.29) is 48.9 Å². The van der Waals surface area contributed by atoms with Gasteiger partial charge in [0.1, 0.15) is 5.75 Å². The van der Waals surface area contributed by atoms with Crippen LogP contribution < -0.4 is 10.1 Å². The molecular formula is C14H16N2O4S. The molecule has 1 saturated heterocycles. The highest BCUT2D eigenvalue weighted by atomic mass is 32.2. The lowest BCUT2D eigenvalue weighted by molar-refractivity contribution is -0.125. The van der Waals surface area contributed by atoms with Crippen molar-refractivity contribution in [3.05, 3.63) is 30.3 Å². The third-order valence-electron chi connectivity index (χ3n) is 2.84. The van der Waals surface area contributed by atoms with E-state index in [4.69, 9.17) is 4.74 Å². The van der Waals surface area contributed by atoms with Gasteiger partial charge in [-0.15, -0.1) is 0 Å². The largest absolute Gasteiger partial charge is 0.493 e. The number of ether oxygens (including phenoxy) is 1. The maximum atomic E-state index is 11.6. The van der Waals surface area contributed by atoms with Gasteiger partial charge in [0.05, 0.1) is 18.8 Å². The van der Waals surface area contributed by atoms with Crippen LogP contribution in [0.4, 0.5) is 4.79 Å². The second-order valence-electron chi connectivity index (χ2n) is 4.36. The van der Waals surface area contributed by atoms with Gasteiger partial charge in [0.2, 0.25) is 11.8 Å². The third-order valence-corrected chi connectivity index (χ3v) is 3.70. The Morgan fingerprint density at radius 3 is 2.71 bits per heavy atom. The Morgan fingerprint density at radius 2 is 2.05 bits per heavy atom. The molecule has 1 aromatic carbocycles. The predicted octanol–water partition coefficient (Wildman–Crippen LogP) is 1.27. The first kappa shape index (κ1) is 15.4. The number of para-hydroxylation sites is 1. The van der Waals surface area contributed by atoms with E-state index in [0.717, 1.165) is 22.4 Å². The average molecular weight is 308 g/mol. The van der Waals surface area contributed by atoms with Crippen molar-refractivity contribution in [3.8, 4) is 5.75 Å². The van der Waals surface area contributed by atoms with Gasteiger partial charge in [-0.2, -0.15) is 0 Å². The highest BCUT2D eigenvalue weighted by Crippen LogP contribution is 2.17. The molecule has 0 aliphatic carbocycles. The van der Waals surface area contributed by atoms with Gasteiger partial charge in [-0.05, 0) is 12.1 Å². The molecule has 0 radical (unpaired) electrons. The van der Waals surface area contributed by atoms with Crippen molar-refractivity contribution in [1.29, 1.82) is 0 Å². The number of rotatable bonds is 7. The maximum Gasteiger partial charge on any atom is 0.288 e. The number of carbonyl (C=O) groups excluding carboxylic acids is 3. The summed E-state index contributed by atoms with van der Waals surface area (Å²) in [6, 6.07) is 9.24. The van der Waals surface area contributed by atoms with Crippen molar-refractivity contribution < 1.29 is 19.1 Å². The van der Waals surface area contributed by atoms with Gasteiger partial charge in [0, 0.05) is 13.1 Å². The van der Waals surface area contributed by atoms with E-state index in [2.05, 4.69) is 5.32 Å². The first-order valence-corrected chi connectivity index (χ1v) is 7.57. The van der Waals surface area contributed by atoms with Crippen molar-refractivity contribution in [1.82, 2.24) is 10.2 Å². The molecule has 2 rings (SSSR count). The second kappa shape index (κ2) is 7.68. The van der Waals surface area contributed by atoms with Crippen LogP contribution in [0.3, 0.4) is 0 Å². The highest BCUT2D eigenvalue weighted by molar-refractivity contribution is 8.14. The number of nitrogens with zero attached hydrogens (tertiary/aromatic N) is 1. The zero-order valence-electron chi connectivity index (χ0n) is 11.4. The Balaban J connectivity index is 1.59. The van der Waals surface area contributed by atoms with Crippen LogP contribution in [0.15, 0.2) is 30.3 Å². The van der Waals surface area contributed by atoms with Gasteiger partial charge in [-0.3, -0.25) is 19.3 Å². The maximum absolute atomic E-state index is 11.6. The Bertz CT molecular complexity index is 505. The molecule has 1 heterocycles. The summed E-state index contributed by atoms with van der Waals surface area (Å²) >= 11 is 0.989. The van der Waals surface area contributed by atoms with Crippen molar-refractivity contribution >= 4 is 28.8 Å². The van der Waals surface area contributed by atoms with Crippen molar-refractivity contribution in [2.45, 2.75) is 6.42 Å². The summed E-state index contributed by atoms with van der Waals surface area (Å²) in [5, 5.41) is 2.41. The fourth-order valence-electron chi connectivity index (χ4n) is 1.77. The molecule has 1 N–H and O–H groups in total. The average Bonchev–Trinajstić information content (AvgIpc) is 2.80. The topological polar surface area (TPSA) is 75.7 Å². The molecule has 6 nitrogen and oxygen atoms in total. The smallest absolute Gasteiger partial charge is 0.288 e. The standard InChI is InChI=1S/C14H16N2O4S/c17-12(6-9-20-11-4-2-1-3-5-11)15-7-8-16-13(18)10-21-14(16)19/h1-5H,6-10H2,(H,15,17). The van der Waals surface area contributed by atoms with Gasteiger partial charge in [0.25, 0.3) is 5.24 Å². The third kappa shape index (κ3) is 4.78. The van der Waals surface area contributed by atoms with Crippen LogP contribution in [-0.2, 0) is 9.59 Å². The molecule has 0 aromatic heterocycles. The molecule has 7 heteroatoms. The molecule has 3 amide bonds. The molecule has 0 atom stereocenters. The molecule has 21 heavy (non-hydrogen) atoms. The Kier molecular flexibility index (Phi) is 5.62. The number of thioether (sulfide) groups is 1. The number of carbonyl (C=O) groups is 3. The minimum absolute atomic E-state index is 0.169. The minimum atomic E-state index is -0.248. The quantitative estimate of drug-likeness (QED) is 0.821. The molecule has 1 aromatic rings. The number of benzene rings is 1. The molecule has 112 valence electrons. The molecule has 0 unspecified atom stereocenters. The summed E-state index contributed by atoms with van der Waals surface area (Å²) in [6.45, 7) is 0.769. The molecule has 1 fully saturated rings. The fraction of sp³-hybridized carbons (Fsp3) is 0.357. The van der Waals surface area contributed by atoms with E-state index >= 15 is 0 Å². The lowest BCUT2D eigenvalue weighted by Crippen LogP contribution is -2.37. The lowest BCUT2D eigenvalue weighted by atomic mass is 10.3.